The summed E-state index contributed by atoms with van der Waals surface area (Å²) in [7, 11) is 0. The largest absolute Gasteiger partial charge is 0.487 e. The Kier molecular flexibility index (Phi) is 5.76. The Bertz CT molecular complexity index is 532. The van der Waals surface area contributed by atoms with Crippen LogP contribution in [0.15, 0.2) is 42.6 Å². The van der Waals surface area contributed by atoms with Crippen molar-refractivity contribution in [2.45, 2.75) is 39.8 Å². The molecule has 21 heavy (non-hydrogen) atoms. The third-order valence-corrected chi connectivity index (χ3v) is 3.40. The van der Waals surface area contributed by atoms with E-state index in [9.17, 15) is 0 Å². The molecule has 1 heterocycles. The van der Waals surface area contributed by atoms with E-state index in [2.05, 4.69) is 49.3 Å². The van der Waals surface area contributed by atoms with E-state index in [0.717, 1.165) is 24.5 Å². The summed E-state index contributed by atoms with van der Waals surface area (Å²) in [4.78, 5) is 4.43. The van der Waals surface area contributed by atoms with Gasteiger partial charge in [-0.3, -0.25) is 4.98 Å². The van der Waals surface area contributed by atoms with Gasteiger partial charge in [0, 0.05) is 12.7 Å². The molecule has 1 aromatic heterocycles. The molecule has 0 aliphatic carbocycles. The molecule has 112 valence electrons. The Morgan fingerprint density at radius 1 is 1.10 bits per heavy atom. The fourth-order valence-corrected chi connectivity index (χ4v) is 2.02. The smallest absolute Gasteiger partial charge is 0.130 e. The maximum Gasteiger partial charge on any atom is 0.130 e. The van der Waals surface area contributed by atoms with Gasteiger partial charge in [0.15, 0.2) is 0 Å². The van der Waals surface area contributed by atoms with Crippen LogP contribution in [-0.2, 0) is 13.2 Å². The molecule has 0 atom stereocenters. The molecule has 0 aliphatic heterocycles. The van der Waals surface area contributed by atoms with Gasteiger partial charge in [0.1, 0.15) is 12.4 Å². The molecule has 1 aromatic carbocycles. The highest BCUT2D eigenvalue weighted by Crippen LogP contribution is 2.19. The molecule has 0 fully saturated rings. The third kappa shape index (κ3) is 4.87. The highest BCUT2D eigenvalue weighted by molar-refractivity contribution is 5.29. The molecule has 0 bridgehead atoms. The van der Waals surface area contributed by atoms with Crippen molar-refractivity contribution in [2.75, 3.05) is 6.54 Å². The van der Waals surface area contributed by atoms with Gasteiger partial charge in [-0.15, -0.1) is 0 Å². The van der Waals surface area contributed by atoms with Crippen LogP contribution >= 0.6 is 0 Å². The minimum Gasteiger partial charge on any atom is -0.487 e. The lowest BCUT2D eigenvalue weighted by Crippen LogP contribution is -2.12. The fourth-order valence-electron chi connectivity index (χ4n) is 2.02. The quantitative estimate of drug-likeness (QED) is 0.837. The van der Waals surface area contributed by atoms with Gasteiger partial charge in [0.05, 0.1) is 5.69 Å². The Labute approximate surface area is 127 Å². The monoisotopic (exact) mass is 284 g/mol. The van der Waals surface area contributed by atoms with Gasteiger partial charge in [0.25, 0.3) is 0 Å². The topological polar surface area (TPSA) is 34.1 Å². The first-order chi connectivity index (χ1) is 10.2. The van der Waals surface area contributed by atoms with Gasteiger partial charge in [-0.25, -0.2) is 0 Å². The zero-order valence-electron chi connectivity index (χ0n) is 13.1. The molecule has 1 N–H and O–H groups in total. The summed E-state index contributed by atoms with van der Waals surface area (Å²) in [5, 5.41) is 3.28. The van der Waals surface area contributed by atoms with Crippen LogP contribution in [0.4, 0.5) is 0 Å². The number of pyridine rings is 1. The van der Waals surface area contributed by atoms with Gasteiger partial charge in [0.2, 0.25) is 0 Å². The number of rotatable bonds is 7. The minimum absolute atomic E-state index is 0.502. The SMILES string of the molecule is CCNCc1ccc(COc2ccc(C(C)C)cc2)nc1. The summed E-state index contributed by atoms with van der Waals surface area (Å²) < 4.78 is 5.77. The summed E-state index contributed by atoms with van der Waals surface area (Å²) >= 11 is 0. The highest BCUT2D eigenvalue weighted by Gasteiger charge is 2.01. The zero-order chi connectivity index (χ0) is 15.1. The molecule has 3 heteroatoms. The molecule has 0 amide bonds. The molecule has 0 aliphatic rings. The average molecular weight is 284 g/mol. The van der Waals surface area contributed by atoms with Gasteiger partial charge in [-0.1, -0.05) is 39.0 Å². The van der Waals surface area contributed by atoms with Crippen LogP contribution < -0.4 is 10.1 Å². The molecule has 0 saturated heterocycles. The second-order valence-corrected chi connectivity index (χ2v) is 5.45. The van der Waals surface area contributed by atoms with E-state index in [1.165, 1.54) is 11.1 Å². The summed E-state index contributed by atoms with van der Waals surface area (Å²) in [6, 6.07) is 12.4. The van der Waals surface area contributed by atoms with Crippen molar-refractivity contribution in [3.63, 3.8) is 0 Å². The van der Waals surface area contributed by atoms with Gasteiger partial charge < -0.3 is 10.1 Å². The molecular weight excluding hydrogens is 260 g/mol. The second kappa shape index (κ2) is 7.79. The van der Waals surface area contributed by atoms with Crippen LogP contribution in [0.25, 0.3) is 0 Å². The van der Waals surface area contributed by atoms with E-state index < -0.39 is 0 Å². The first-order valence-electron chi connectivity index (χ1n) is 7.56. The van der Waals surface area contributed by atoms with Crippen LogP contribution in [0.1, 0.15) is 43.5 Å². The van der Waals surface area contributed by atoms with E-state index in [4.69, 9.17) is 4.74 Å². The highest BCUT2D eigenvalue weighted by atomic mass is 16.5. The molecule has 0 saturated carbocycles. The maximum atomic E-state index is 5.77. The van der Waals surface area contributed by atoms with Crippen LogP contribution in [0.2, 0.25) is 0 Å². The summed E-state index contributed by atoms with van der Waals surface area (Å²) in [5.74, 6) is 1.43. The second-order valence-electron chi connectivity index (χ2n) is 5.45. The van der Waals surface area contributed by atoms with E-state index in [-0.39, 0.29) is 0 Å². The van der Waals surface area contributed by atoms with Crippen molar-refractivity contribution in [3.8, 4) is 5.75 Å². The van der Waals surface area contributed by atoms with Crippen LogP contribution in [-0.4, -0.2) is 11.5 Å². The van der Waals surface area contributed by atoms with Crippen molar-refractivity contribution in [1.82, 2.24) is 10.3 Å². The average Bonchev–Trinajstić information content (AvgIpc) is 2.52. The van der Waals surface area contributed by atoms with Crippen LogP contribution in [0, 0.1) is 0 Å². The Hall–Kier alpha value is -1.87. The third-order valence-electron chi connectivity index (χ3n) is 3.40. The number of hydrogen-bond acceptors (Lipinski definition) is 3. The molecule has 0 spiro atoms. The van der Waals surface area contributed by atoms with Crippen molar-refractivity contribution >= 4 is 0 Å². The lowest BCUT2D eigenvalue weighted by atomic mass is 10.0. The number of hydrogen-bond donors (Lipinski definition) is 1. The fraction of sp³-hybridized carbons (Fsp3) is 0.389. The summed E-state index contributed by atoms with van der Waals surface area (Å²) in [6.45, 7) is 8.81. The number of ether oxygens (including phenoxy) is 1. The predicted octanol–water partition coefficient (Wildman–Crippen LogP) is 3.89. The Balaban J connectivity index is 1.87. The van der Waals surface area contributed by atoms with E-state index >= 15 is 0 Å². The van der Waals surface area contributed by atoms with E-state index in [1.54, 1.807) is 0 Å². The molecular formula is C18H24N2O. The summed E-state index contributed by atoms with van der Waals surface area (Å²) in [6.07, 6.45) is 1.91. The number of benzene rings is 1. The van der Waals surface area contributed by atoms with Gasteiger partial charge in [-0.05, 0) is 41.8 Å². The first-order valence-corrected chi connectivity index (χ1v) is 7.56. The van der Waals surface area contributed by atoms with Gasteiger partial charge in [-0.2, -0.15) is 0 Å². The lowest BCUT2D eigenvalue weighted by molar-refractivity contribution is 0.301. The number of nitrogens with one attached hydrogen (secondary N) is 1. The zero-order valence-corrected chi connectivity index (χ0v) is 13.1. The number of nitrogens with zero attached hydrogens (tertiary/aromatic N) is 1. The van der Waals surface area contributed by atoms with E-state index in [0.29, 0.717) is 12.5 Å². The number of aromatic nitrogens is 1. The lowest BCUT2D eigenvalue weighted by Gasteiger charge is -2.09. The standard InChI is InChI=1S/C18H24N2O/c1-4-19-11-15-5-8-17(20-12-15)13-21-18-9-6-16(7-10-18)14(2)3/h5-10,12,14,19H,4,11,13H2,1-3H3. The van der Waals surface area contributed by atoms with Gasteiger partial charge >= 0.3 is 0 Å². The molecule has 3 nitrogen and oxygen atoms in total. The van der Waals surface area contributed by atoms with Crippen molar-refractivity contribution < 1.29 is 4.74 Å². The van der Waals surface area contributed by atoms with E-state index in [1.807, 2.05) is 24.4 Å². The van der Waals surface area contributed by atoms with Crippen molar-refractivity contribution in [2.24, 2.45) is 0 Å². The Morgan fingerprint density at radius 3 is 2.43 bits per heavy atom. The molecule has 2 rings (SSSR count). The summed E-state index contributed by atoms with van der Waals surface area (Å²) in [5.41, 5.74) is 3.47. The van der Waals surface area contributed by atoms with Crippen LogP contribution in [0.3, 0.4) is 0 Å². The van der Waals surface area contributed by atoms with Crippen molar-refractivity contribution in [1.29, 1.82) is 0 Å². The normalized spacial score (nSPS) is 10.9. The first kappa shape index (κ1) is 15.5. The van der Waals surface area contributed by atoms with Crippen molar-refractivity contribution in [3.05, 3.63) is 59.4 Å². The molecule has 0 unspecified atom stereocenters. The predicted molar refractivity (Wildman–Crippen MR) is 86.5 cm³/mol. The minimum atomic E-state index is 0.502. The molecule has 0 radical (unpaired) electrons. The maximum absolute atomic E-state index is 5.77. The molecule has 2 aromatic rings. The Morgan fingerprint density at radius 2 is 1.86 bits per heavy atom. The van der Waals surface area contributed by atoms with Crippen LogP contribution in [0.5, 0.6) is 5.75 Å².